The second-order valence-electron chi connectivity index (χ2n) is 4.00. The van der Waals surface area contributed by atoms with Crippen molar-refractivity contribution in [3.63, 3.8) is 0 Å². The van der Waals surface area contributed by atoms with E-state index in [1.54, 1.807) is 6.26 Å². The van der Waals surface area contributed by atoms with Gasteiger partial charge in [0.15, 0.2) is 0 Å². The quantitative estimate of drug-likeness (QED) is 0.881. The van der Waals surface area contributed by atoms with E-state index in [0.717, 1.165) is 24.2 Å². The second kappa shape index (κ2) is 4.85. The summed E-state index contributed by atoms with van der Waals surface area (Å²) in [5.74, 6) is 0.909. The predicted octanol–water partition coefficient (Wildman–Crippen LogP) is 3.45. The fourth-order valence-corrected chi connectivity index (χ4v) is 2.81. The standard InChI is InChI=1S/C13H17NOS/c1-3-10-4-5-11(16-10)8-12(14)13-9(2)6-7-15-13/h4-7,12H,3,8,14H2,1-2H3. The molecule has 0 amide bonds. The van der Waals surface area contributed by atoms with Crippen molar-refractivity contribution in [3.8, 4) is 0 Å². The fraction of sp³-hybridized carbons (Fsp3) is 0.385. The molecule has 16 heavy (non-hydrogen) atoms. The van der Waals surface area contributed by atoms with Crippen LogP contribution >= 0.6 is 11.3 Å². The van der Waals surface area contributed by atoms with Crippen LogP contribution in [0.4, 0.5) is 0 Å². The molecule has 0 aliphatic heterocycles. The Bertz CT molecular complexity index is 458. The van der Waals surface area contributed by atoms with Crippen LogP contribution in [-0.4, -0.2) is 0 Å². The first-order valence-electron chi connectivity index (χ1n) is 5.58. The van der Waals surface area contributed by atoms with E-state index in [4.69, 9.17) is 10.2 Å². The molecule has 1 atom stereocenters. The molecule has 86 valence electrons. The lowest BCUT2D eigenvalue weighted by Crippen LogP contribution is -2.12. The van der Waals surface area contributed by atoms with Gasteiger partial charge >= 0.3 is 0 Å². The molecule has 0 saturated heterocycles. The van der Waals surface area contributed by atoms with Gasteiger partial charge in [0, 0.05) is 16.2 Å². The Morgan fingerprint density at radius 2 is 2.06 bits per heavy atom. The van der Waals surface area contributed by atoms with E-state index in [1.165, 1.54) is 9.75 Å². The summed E-state index contributed by atoms with van der Waals surface area (Å²) in [6.07, 6.45) is 3.66. The molecule has 2 nitrogen and oxygen atoms in total. The first kappa shape index (κ1) is 11.4. The Kier molecular flexibility index (Phi) is 3.46. The molecule has 2 aromatic heterocycles. The van der Waals surface area contributed by atoms with E-state index in [2.05, 4.69) is 19.1 Å². The smallest absolute Gasteiger partial charge is 0.123 e. The highest BCUT2D eigenvalue weighted by atomic mass is 32.1. The first-order valence-corrected chi connectivity index (χ1v) is 6.39. The van der Waals surface area contributed by atoms with Crippen LogP contribution in [0.15, 0.2) is 28.9 Å². The van der Waals surface area contributed by atoms with Gasteiger partial charge in [-0.25, -0.2) is 0 Å². The number of furan rings is 1. The van der Waals surface area contributed by atoms with Crippen LogP contribution < -0.4 is 5.73 Å². The lowest BCUT2D eigenvalue weighted by Gasteiger charge is -2.08. The Balaban J connectivity index is 2.07. The average molecular weight is 235 g/mol. The Morgan fingerprint density at radius 1 is 1.31 bits per heavy atom. The number of rotatable bonds is 4. The lowest BCUT2D eigenvalue weighted by atomic mass is 10.1. The second-order valence-corrected chi connectivity index (χ2v) is 5.25. The molecular weight excluding hydrogens is 218 g/mol. The van der Waals surface area contributed by atoms with Crippen LogP contribution in [0, 0.1) is 6.92 Å². The van der Waals surface area contributed by atoms with Crippen LogP contribution in [0.5, 0.6) is 0 Å². The minimum atomic E-state index is -0.0293. The molecule has 0 aliphatic carbocycles. The molecule has 2 heterocycles. The predicted molar refractivity (Wildman–Crippen MR) is 67.8 cm³/mol. The van der Waals surface area contributed by atoms with Gasteiger partial charge in [0.25, 0.3) is 0 Å². The van der Waals surface area contributed by atoms with Crippen LogP contribution in [-0.2, 0) is 12.8 Å². The third kappa shape index (κ3) is 2.36. The first-order chi connectivity index (χ1) is 7.70. The highest BCUT2D eigenvalue weighted by Crippen LogP contribution is 2.24. The minimum absolute atomic E-state index is 0.0293. The highest BCUT2D eigenvalue weighted by Gasteiger charge is 2.13. The van der Waals surface area contributed by atoms with Gasteiger partial charge in [0.2, 0.25) is 0 Å². The molecule has 0 spiro atoms. The third-order valence-corrected chi connectivity index (χ3v) is 3.98. The molecular formula is C13H17NOS. The van der Waals surface area contributed by atoms with Crippen LogP contribution in [0.25, 0.3) is 0 Å². The Hall–Kier alpha value is -1.06. The van der Waals surface area contributed by atoms with Gasteiger partial charge in [-0.2, -0.15) is 0 Å². The van der Waals surface area contributed by atoms with Crippen LogP contribution in [0.3, 0.4) is 0 Å². The summed E-state index contributed by atoms with van der Waals surface area (Å²) in [6.45, 7) is 4.21. The summed E-state index contributed by atoms with van der Waals surface area (Å²) >= 11 is 1.84. The summed E-state index contributed by atoms with van der Waals surface area (Å²) in [6, 6.07) is 6.28. The van der Waals surface area contributed by atoms with Crippen molar-refractivity contribution >= 4 is 11.3 Å². The van der Waals surface area contributed by atoms with E-state index in [-0.39, 0.29) is 6.04 Å². The number of thiophene rings is 1. The fourth-order valence-electron chi connectivity index (χ4n) is 1.80. The Morgan fingerprint density at radius 3 is 2.62 bits per heavy atom. The van der Waals surface area contributed by atoms with E-state index in [9.17, 15) is 0 Å². The number of aryl methyl sites for hydroxylation is 2. The molecule has 0 radical (unpaired) electrons. The van der Waals surface area contributed by atoms with Crippen molar-refractivity contribution in [2.75, 3.05) is 0 Å². The summed E-state index contributed by atoms with van der Waals surface area (Å²) in [5, 5.41) is 0. The van der Waals surface area contributed by atoms with Crippen LogP contribution in [0.2, 0.25) is 0 Å². The van der Waals surface area contributed by atoms with Gasteiger partial charge in [0.1, 0.15) is 5.76 Å². The van der Waals surface area contributed by atoms with Gasteiger partial charge in [-0.05, 0) is 37.1 Å². The zero-order chi connectivity index (χ0) is 11.5. The number of nitrogens with two attached hydrogens (primary N) is 1. The Labute approximate surface area is 100 Å². The summed E-state index contributed by atoms with van der Waals surface area (Å²) in [7, 11) is 0. The van der Waals surface area contributed by atoms with Gasteiger partial charge in [-0.1, -0.05) is 6.92 Å². The van der Waals surface area contributed by atoms with E-state index in [1.807, 2.05) is 24.3 Å². The van der Waals surface area contributed by atoms with Gasteiger partial charge in [-0.3, -0.25) is 0 Å². The zero-order valence-corrected chi connectivity index (χ0v) is 10.5. The average Bonchev–Trinajstić information content (AvgIpc) is 2.86. The monoisotopic (exact) mass is 235 g/mol. The SMILES string of the molecule is CCc1ccc(CC(N)c2occc2C)s1. The topological polar surface area (TPSA) is 39.2 Å². The van der Waals surface area contributed by atoms with Gasteiger partial charge in [0.05, 0.1) is 12.3 Å². The minimum Gasteiger partial charge on any atom is -0.467 e. The van der Waals surface area contributed by atoms with Crippen molar-refractivity contribution < 1.29 is 4.42 Å². The maximum absolute atomic E-state index is 6.14. The van der Waals surface area contributed by atoms with E-state index >= 15 is 0 Å². The summed E-state index contributed by atoms with van der Waals surface area (Å²) in [4.78, 5) is 2.75. The van der Waals surface area contributed by atoms with E-state index < -0.39 is 0 Å². The molecule has 0 aromatic carbocycles. The van der Waals surface area contributed by atoms with Crippen molar-refractivity contribution in [3.05, 3.63) is 45.5 Å². The molecule has 1 unspecified atom stereocenters. The molecule has 2 aromatic rings. The molecule has 0 saturated carbocycles. The largest absolute Gasteiger partial charge is 0.467 e. The molecule has 0 bridgehead atoms. The molecule has 3 heteroatoms. The maximum atomic E-state index is 6.14. The maximum Gasteiger partial charge on any atom is 0.123 e. The number of hydrogen-bond donors (Lipinski definition) is 1. The van der Waals surface area contributed by atoms with Crippen molar-refractivity contribution in [1.82, 2.24) is 0 Å². The lowest BCUT2D eigenvalue weighted by molar-refractivity contribution is 0.463. The van der Waals surface area contributed by atoms with Crippen molar-refractivity contribution in [2.24, 2.45) is 5.73 Å². The normalized spacial score (nSPS) is 12.9. The van der Waals surface area contributed by atoms with Crippen molar-refractivity contribution in [1.29, 1.82) is 0 Å². The zero-order valence-electron chi connectivity index (χ0n) is 9.69. The number of hydrogen-bond acceptors (Lipinski definition) is 3. The molecule has 0 aliphatic rings. The van der Waals surface area contributed by atoms with Crippen LogP contribution in [0.1, 0.15) is 34.0 Å². The molecule has 2 rings (SSSR count). The van der Waals surface area contributed by atoms with Gasteiger partial charge < -0.3 is 10.2 Å². The third-order valence-electron chi connectivity index (χ3n) is 2.73. The van der Waals surface area contributed by atoms with E-state index in [0.29, 0.717) is 0 Å². The highest BCUT2D eigenvalue weighted by molar-refractivity contribution is 7.11. The summed E-state index contributed by atoms with van der Waals surface area (Å²) < 4.78 is 5.41. The molecule has 0 fully saturated rings. The summed E-state index contributed by atoms with van der Waals surface area (Å²) in [5.41, 5.74) is 7.27. The molecule has 2 N–H and O–H groups in total. The van der Waals surface area contributed by atoms with Crippen molar-refractivity contribution in [2.45, 2.75) is 32.7 Å². The van der Waals surface area contributed by atoms with Gasteiger partial charge in [-0.15, -0.1) is 11.3 Å².